The Kier molecular flexibility index (Phi) is 3.58. The van der Waals surface area contributed by atoms with Gasteiger partial charge in [-0.1, -0.05) is 0 Å². The summed E-state index contributed by atoms with van der Waals surface area (Å²) in [7, 11) is 0. The van der Waals surface area contributed by atoms with Crippen LogP contribution in [0.4, 0.5) is 0 Å². The van der Waals surface area contributed by atoms with E-state index in [0.717, 1.165) is 19.6 Å². The number of hydrogen-bond acceptors (Lipinski definition) is 4. The summed E-state index contributed by atoms with van der Waals surface area (Å²) in [5.74, 6) is -0.203. The SMILES string of the molecule is O=C(O)c1ccoc1COCC1CCOC1. The van der Waals surface area contributed by atoms with Gasteiger partial charge in [-0.05, 0) is 12.5 Å². The van der Waals surface area contributed by atoms with Crippen molar-refractivity contribution in [2.24, 2.45) is 5.92 Å². The van der Waals surface area contributed by atoms with Gasteiger partial charge in [-0.25, -0.2) is 4.79 Å². The number of carbonyl (C=O) groups is 1. The minimum absolute atomic E-state index is 0.169. The maximum absolute atomic E-state index is 10.8. The molecule has 0 bridgehead atoms. The van der Waals surface area contributed by atoms with E-state index in [1.807, 2.05) is 0 Å². The second-order valence-corrected chi connectivity index (χ2v) is 3.81. The molecule has 1 aliphatic heterocycles. The Morgan fingerprint density at radius 1 is 1.62 bits per heavy atom. The Labute approximate surface area is 93.0 Å². The first-order valence-corrected chi connectivity index (χ1v) is 5.22. The number of hydrogen-bond donors (Lipinski definition) is 1. The normalized spacial score (nSPS) is 20.1. The summed E-state index contributed by atoms with van der Waals surface area (Å²) in [5, 5.41) is 8.83. The molecular formula is C11H14O5. The van der Waals surface area contributed by atoms with Gasteiger partial charge in [0, 0.05) is 12.5 Å². The van der Waals surface area contributed by atoms with Crippen LogP contribution in [0.2, 0.25) is 0 Å². The summed E-state index contributed by atoms with van der Waals surface area (Å²) < 4.78 is 15.7. The fourth-order valence-corrected chi connectivity index (χ4v) is 1.68. The predicted molar refractivity (Wildman–Crippen MR) is 54.2 cm³/mol. The lowest BCUT2D eigenvalue weighted by atomic mass is 10.1. The van der Waals surface area contributed by atoms with Gasteiger partial charge in [0.2, 0.25) is 0 Å². The van der Waals surface area contributed by atoms with Gasteiger partial charge in [0.05, 0.1) is 19.5 Å². The van der Waals surface area contributed by atoms with E-state index in [4.69, 9.17) is 19.0 Å². The molecule has 0 aliphatic carbocycles. The third-order valence-corrected chi connectivity index (χ3v) is 2.59. The Morgan fingerprint density at radius 3 is 3.19 bits per heavy atom. The number of carboxylic acid groups (broad SMARTS) is 1. The highest BCUT2D eigenvalue weighted by Gasteiger charge is 2.17. The molecule has 0 spiro atoms. The highest BCUT2D eigenvalue weighted by Crippen LogP contribution is 2.15. The summed E-state index contributed by atoms with van der Waals surface area (Å²) >= 11 is 0. The van der Waals surface area contributed by atoms with E-state index < -0.39 is 5.97 Å². The fourth-order valence-electron chi connectivity index (χ4n) is 1.68. The molecule has 1 aliphatic rings. The Balaban J connectivity index is 1.80. The van der Waals surface area contributed by atoms with Crippen LogP contribution in [0.5, 0.6) is 0 Å². The number of rotatable bonds is 5. The van der Waals surface area contributed by atoms with Crippen LogP contribution in [0, 0.1) is 5.92 Å². The van der Waals surface area contributed by atoms with Gasteiger partial charge in [0.1, 0.15) is 17.9 Å². The summed E-state index contributed by atoms with van der Waals surface area (Å²) in [6.07, 6.45) is 2.37. The van der Waals surface area contributed by atoms with Crippen LogP contribution in [-0.4, -0.2) is 30.9 Å². The van der Waals surface area contributed by atoms with Crippen LogP contribution in [0.25, 0.3) is 0 Å². The third-order valence-electron chi connectivity index (χ3n) is 2.59. The topological polar surface area (TPSA) is 68.9 Å². The van der Waals surface area contributed by atoms with Gasteiger partial charge in [0.15, 0.2) is 0 Å². The monoisotopic (exact) mass is 226 g/mol. The summed E-state index contributed by atoms with van der Waals surface area (Å²) in [5.41, 5.74) is 0.169. The summed E-state index contributed by atoms with van der Waals surface area (Å²) in [4.78, 5) is 10.8. The third kappa shape index (κ3) is 2.62. The average molecular weight is 226 g/mol. The first kappa shape index (κ1) is 11.2. The summed E-state index contributed by atoms with van der Waals surface area (Å²) in [6, 6.07) is 1.43. The van der Waals surface area contributed by atoms with Gasteiger partial charge >= 0.3 is 5.97 Å². The maximum atomic E-state index is 10.8. The molecule has 5 heteroatoms. The van der Waals surface area contributed by atoms with Crippen LogP contribution in [-0.2, 0) is 16.1 Å². The van der Waals surface area contributed by atoms with Crippen molar-refractivity contribution in [3.63, 3.8) is 0 Å². The number of carboxylic acids is 1. The molecule has 1 saturated heterocycles. The molecule has 1 aromatic heterocycles. The zero-order chi connectivity index (χ0) is 11.4. The molecule has 88 valence electrons. The zero-order valence-corrected chi connectivity index (χ0v) is 8.85. The minimum Gasteiger partial charge on any atom is -0.478 e. The molecule has 1 unspecified atom stereocenters. The maximum Gasteiger partial charge on any atom is 0.339 e. The fraction of sp³-hybridized carbons (Fsp3) is 0.545. The lowest BCUT2D eigenvalue weighted by molar-refractivity contribution is 0.0622. The second-order valence-electron chi connectivity index (χ2n) is 3.81. The molecular weight excluding hydrogens is 212 g/mol. The largest absolute Gasteiger partial charge is 0.478 e. The quantitative estimate of drug-likeness (QED) is 0.824. The lowest BCUT2D eigenvalue weighted by Gasteiger charge is -2.07. The van der Waals surface area contributed by atoms with Gasteiger partial charge in [-0.3, -0.25) is 0 Å². The Morgan fingerprint density at radius 2 is 2.50 bits per heavy atom. The van der Waals surface area contributed by atoms with Crippen LogP contribution in [0.1, 0.15) is 22.5 Å². The second kappa shape index (κ2) is 5.14. The highest BCUT2D eigenvalue weighted by atomic mass is 16.5. The van der Waals surface area contributed by atoms with E-state index in [1.165, 1.54) is 12.3 Å². The van der Waals surface area contributed by atoms with Crippen molar-refractivity contribution in [1.29, 1.82) is 0 Å². The molecule has 1 fully saturated rings. The Hall–Kier alpha value is -1.33. The average Bonchev–Trinajstić information content (AvgIpc) is 2.87. The molecule has 16 heavy (non-hydrogen) atoms. The first-order valence-electron chi connectivity index (χ1n) is 5.22. The van der Waals surface area contributed by atoms with E-state index >= 15 is 0 Å². The molecule has 2 rings (SSSR count). The van der Waals surface area contributed by atoms with E-state index in [0.29, 0.717) is 18.3 Å². The summed E-state index contributed by atoms with van der Waals surface area (Å²) in [6.45, 7) is 2.30. The number of furan rings is 1. The van der Waals surface area contributed by atoms with Gasteiger partial charge in [-0.2, -0.15) is 0 Å². The van der Waals surface area contributed by atoms with E-state index in [1.54, 1.807) is 0 Å². The van der Waals surface area contributed by atoms with Crippen molar-refractivity contribution in [3.05, 3.63) is 23.7 Å². The van der Waals surface area contributed by atoms with Gasteiger partial charge in [-0.15, -0.1) is 0 Å². The van der Waals surface area contributed by atoms with Crippen molar-refractivity contribution < 1.29 is 23.8 Å². The minimum atomic E-state index is -0.989. The molecule has 0 saturated carbocycles. The molecule has 5 nitrogen and oxygen atoms in total. The van der Waals surface area contributed by atoms with Crippen molar-refractivity contribution in [1.82, 2.24) is 0 Å². The molecule has 0 radical (unpaired) electrons. The van der Waals surface area contributed by atoms with E-state index in [2.05, 4.69) is 0 Å². The number of aromatic carboxylic acids is 1. The Bertz CT molecular complexity index is 351. The molecule has 1 aromatic rings. The molecule has 1 atom stereocenters. The van der Waals surface area contributed by atoms with Crippen molar-refractivity contribution in [2.45, 2.75) is 13.0 Å². The van der Waals surface area contributed by atoms with Gasteiger partial charge in [0.25, 0.3) is 0 Å². The standard InChI is InChI=1S/C11H14O5/c12-11(13)9-2-4-16-10(9)7-15-6-8-1-3-14-5-8/h2,4,8H,1,3,5-7H2,(H,12,13). The smallest absolute Gasteiger partial charge is 0.339 e. The molecule has 0 amide bonds. The van der Waals surface area contributed by atoms with E-state index in [9.17, 15) is 4.79 Å². The highest BCUT2D eigenvalue weighted by molar-refractivity contribution is 5.88. The van der Waals surface area contributed by atoms with Crippen molar-refractivity contribution >= 4 is 5.97 Å². The van der Waals surface area contributed by atoms with Gasteiger partial charge < -0.3 is 19.0 Å². The predicted octanol–water partition coefficient (Wildman–Crippen LogP) is 1.53. The van der Waals surface area contributed by atoms with Crippen LogP contribution >= 0.6 is 0 Å². The van der Waals surface area contributed by atoms with Crippen LogP contribution in [0.3, 0.4) is 0 Å². The first-order chi connectivity index (χ1) is 7.77. The molecule has 2 heterocycles. The van der Waals surface area contributed by atoms with Crippen LogP contribution in [0.15, 0.2) is 16.7 Å². The van der Waals surface area contributed by atoms with Crippen LogP contribution < -0.4 is 0 Å². The molecule has 0 aromatic carbocycles. The zero-order valence-electron chi connectivity index (χ0n) is 8.85. The van der Waals surface area contributed by atoms with E-state index in [-0.39, 0.29) is 12.2 Å². The number of ether oxygens (including phenoxy) is 2. The van der Waals surface area contributed by atoms with Crippen molar-refractivity contribution in [2.75, 3.05) is 19.8 Å². The molecule has 1 N–H and O–H groups in total. The van der Waals surface area contributed by atoms with Crippen molar-refractivity contribution in [3.8, 4) is 0 Å². The lowest BCUT2D eigenvalue weighted by Crippen LogP contribution is -2.10.